The maximum atomic E-state index is 11.8. The molecule has 0 saturated heterocycles. The molecule has 22 heavy (non-hydrogen) atoms. The largest absolute Gasteiger partial charge is 0.465 e. The average molecular weight is 316 g/mol. The average Bonchev–Trinajstić information content (AvgIpc) is 2.54. The van der Waals surface area contributed by atoms with Crippen LogP contribution in [0.5, 0.6) is 0 Å². The lowest BCUT2D eigenvalue weighted by Gasteiger charge is -2.03. The van der Waals surface area contributed by atoms with E-state index in [0.29, 0.717) is 16.3 Å². The van der Waals surface area contributed by atoms with Crippen molar-refractivity contribution in [3.8, 4) is 0 Å². The second-order valence-corrected chi connectivity index (χ2v) is 4.88. The predicted molar refractivity (Wildman–Crippen MR) is 86.9 cm³/mol. The molecule has 0 heterocycles. The Hall–Kier alpha value is -2.59. The molecule has 0 radical (unpaired) electrons. The minimum atomic E-state index is -0.416. The molecule has 5 heteroatoms. The Morgan fingerprint density at radius 1 is 1.05 bits per heavy atom. The Morgan fingerprint density at radius 2 is 1.68 bits per heavy atom. The highest BCUT2D eigenvalue weighted by atomic mass is 35.5. The number of hydrogen-bond acceptors (Lipinski definition) is 3. The van der Waals surface area contributed by atoms with Gasteiger partial charge in [0.25, 0.3) is 0 Å². The van der Waals surface area contributed by atoms with Gasteiger partial charge >= 0.3 is 5.97 Å². The number of carbonyl (C=O) groups is 2. The summed E-state index contributed by atoms with van der Waals surface area (Å²) in [7, 11) is 1.32. The molecule has 1 N–H and O–H groups in total. The van der Waals surface area contributed by atoms with Crippen LogP contribution in [-0.2, 0) is 9.53 Å². The molecule has 0 aliphatic carbocycles. The number of rotatable bonds is 4. The van der Waals surface area contributed by atoms with E-state index in [1.807, 2.05) is 12.1 Å². The summed E-state index contributed by atoms with van der Waals surface area (Å²) in [6.45, 7) is 0. The smallest absolute Gasteiger partial charge is 0.337 e. The normalized spacial score (nSPS) is 10.5. The second-order valence-electron chi connectivity index (χ2n) is 4.44. The number of benzene rings is 2. The molecule has 0 spiro atoms. The number of halogens is 1. The van der Waals surface area contributed by atoms with Crippen LogP contribution in [-0.4, -0.2) is 19.0 Å². The van der Waals surface area contributed by atoms with E-state index >= 15 is 0 Å². The molecular weight excluding hydrogens is 302 g/mol. The molecule has 112 valence electrons. The van der Waals surface area contributed by atoms with E-state index in [1.165, 1.54) is 13.2 Å². The van der Waals surface area contributed by atoms with Crippen LogP contribution >= 0.6 is 11.6 Å². The fraction of sp³-hybridized carbons (Fsp3) is 0.0588. The van der Waals surface area contributed by atoms with Gasteiger partial charge in [-0.25, -0.2) is 4.79 Å². The van der Waals surface area contributed by atoms with Gasteiger partial charge in [-0.15, -0.1) is 0 Å². The molecule has 0 aliphatic rings. The molecule has 0 bridgehead atoms. The van der Waals surface area contributed by atoms with Crippen molar-refractivity contribution >= 4 is 35.2 Å². The van der Waals surface area contributed by atoms with Crippen molar-refractivity contribution in [3.05, 3.63) is 70.8 Å². The summed E-state index contributed by atoms with van der Waals surface area (Å²) in [4.78, 5) is 23.1. The van der Waals surface area contributed by atoms with E-state index in [9.17, 15) is 9.59 Å². The van der Waals surface area contributed by atoms with Gasteiger partial charge in [-0.05, 0) is 48.0 Å². The van der Waals surface area contributed by atoms with Crippen LogP contribution in [0.4, 0.5) is 5.69 Å². The Bertz CT molecular complexity index is 691. The van der Waals surface area contributed by atoms with E-state index < -0.39 is 5.97 Å². The number of nitrogens with one attached hydrogen (secondary N) is 1. The lowest BCUT2D eigenvalue weighted by atomic mass is 10.2. The number of carbonyl (C=O) groups excluding carboxylic acids is 2. The standard InChI is InChI=1S/C17H14ClNO3/c1-22-17(21)13-5-9-15(10-6-13)19-16(20)11-4-12-2-7-14(18)8-3-12/h2-11H,1H3,(H,19,20). The van der Waals surface area contributed by atoms with Gasteiger partial charge < -0.3 is 10.1 Å². The summed E-state index contributed by atoms with van der Waals surface area (Å²) < 4.78 is 4.61. The minimum Gasteiger partial charge on any atom is -0.465 e. The highest BCUT2D eigenvalue weighted by Crippen LogP contribution is 2.12. The maximum absolute atomic E-state index is 11.8. The predicted octanol–water partition coefficient (Wildman–Crippen LogP) is 3.78. The highest BCUT2D eigenvalue weighted by Gasteiger charge is 2.05. The van der Waals surface area contributed by atoms with Gasteiger partial charge in [-0.2, -0.15) is 0 Å². The van der Waals surface area contributed by atoms with Gasteiger partial charge in [0.05, 0.1) is 12.7 Å². The monoisotopic (exact) mass is 315 g/mol. The number of amides is 1. The first kappa shape index (κ1) is 15.8. The topological polar surface area (TPSA) is 55.4 Å². The van der Waals surface area contributed by atoms with Crippen LogP contribution in [0.25, 0.3) is 6.08 Å². The van der Waals surface area contributed by atoms with Crippen LogP contribution in [0, 0.1) is 0 Å². The summed E-state index contributed by atoms with van der Waals surface area (Å²) in [5, 5.41) is 3.35. The molecule has 1 amide bonds. The van der Waals surface area contributed by atoms with Crippen LogP contribution in [0.2, 0.25) is 5.02 Å². The van der Waals surface area contributed by atoms with Gasteiger partial charge in [0.2, 0.25) is 5.91 Å². The fourth-order valence-electron chi connectivity index (χ4n) is 1.74. The molecule has 0 atom stereocenters. The quantitative estimate of drug-likeness (QED) is 0.690. The van der Waals surface area contributed by atoms with E-state index in [4.69, 9.17) is 11.6 Å². The Kier molecular flexibility index (Phi) is 5.33. The van der Waals surface area contributed by atoms with Gasteiger partial charge in [0.15, 0.2) is 0 Å². The number of anilines is 1. The van der Waals surface area contributed by atoms with Gasteiger partial charge in [-0.3, -0.25) is 4.79 Å². The first-order chi connectivity index (χ1) is 10.6. The molecule has 4 nitrogen and oxygen atoms in total. The van der Waals surface area contributed by atoms with Crippen molar-refractivity contribution in [2.75, 3.05) is 12.4 Å². The Labute approximate surface area is 133 Å². The molecule has 2 aromatic rings. The molecule has 2 rings (SSSR count). The van der Waals surface area contributed by atoms with Crippen LogP contribution in [0.15, 0.2) is 54.6 Å². The van der Waals surface area contributed by atoms with Crippen LogP contribution in [0.1, 0.15) is 15.9 Å². The lowest BCUT2D eigenvalue weighted by molar-refractivity contribution is -0.111. The molecule has 0 saturated carbocycles. The van der Waals surface area contributed by atoms with Gasteiger partial charge in [0, 0.05) is 16.8 Å². The summed E-state index contributed by atoms with van der Waals surface area (Å²) in [6, 6.07) is 13.6. The number of esters is 1. The van der Waals surface area contributed by atoms with Crippen molar-refractivity contribution in [2.24, 2.45) is 0 Å². The summed E-state index contributed by atoms with van der Waals surface area (Å²) in [5.74, 6) is -0.679. The summed E-state index contributed by atoms with van der Waals surface area (Å²) in [6.07, 6.45) is 3.12. The van der Waals surface area contributed by atoms with E-state index in [2.05, 4.69) is 10.1 Å². The zero-order valence-electron chi connectivity index (χ0n) is 11.9. The molecule has 2 aromatic carbocycles. The lowest BCUT2D eigenvalue weighted by Crippen LogP contribution is -2.08. The third-order valence-corrected chi connectivity index (χ3v) is 3.12. The van der Waals surface area contributed by atoms with Crippen LogP contribution in [0.3, 0.4) is 0 Å². The molecule has 0 aromatic heterocycles. The number of methoxy groups -OCH3 is 1. The zero-order chi connectivity index (χ0) is 15.9. The third kappa shape index (κ3) is 4.46. The molecule has 0 unspecified atom stereocenters. The third-order valence-electron chi connectivity index (χ3n) is 2.87. The summed E-state index contributed by atoms with van der Waals surface area (Å²) in [5.41, 5.74) is 1.90. The Morgan fingerprint density at radius 3 is 2.27 bits per heavy atom. The highest BCUT2D eigenvalue weighted by molar-refractivity contribution is 6.30. The van der Waals surface area contributed by atoms with E-state index in [-0.39, 0.29) is 5.91 Å². The maximum Gasteiger partial charge on any atom is 0.337 e. The van der Waals surface area contributed by atoms with Crippen molar-refractivity contribution in [3.63, 3.8) is 0 Å². The number of hydrogen-bond donors (Lipinski definition) is 1. The fourth-order valence-corrected chi connectivity index (χ4v) is 1.86. The van der Waals surface area contributed by atoms with Gasteiger partial charge in [-0.1, -0.05) is 23.7 Å². The minimum absolute atomic E-state index is 0.263. The van der Waals surface area contributed by atoms with Crippen molar-refractivity contribution < 1.29 is 14.3 Å². The van der Waals surface area contributed by atoms with E-state index in [1.54, 1.807) is 42.5 Å². The molecule has 0 aliphatic heterocycles. The summed E-state index contributed by atoms with van der Waals surface area (Å²) >= 11 is 5.79. The number of ether oxygens (including phenoxy) is 1. The van der Waals surface area contributed by atoms with E-state index in [0.717, 1.165) is 5.56 Å². The van der Waals surface area contributed by atoms with Crippen molar-refractivity contribution in [2.45, 2.75) is 0 Å². The van der Waals surface area contributed by atoms with Crippen molar-refractivity contribution in [1.82, 2.24) is 0 Å². The van der Waals surface area contributed by atoms with Gasteiger partial charge in [0.1, 0.15) is 0 Å². The van der Waals surface area contributed by atoms with Crippen LogP contribution < -0.4 is 5.32 Å². The molecule has 0 fully saturated rings. The molecular formula is C17H14ClNO3. The second kappa shape index (κ2) is 7.43. The zero-order valence-corrected chi connectivity index (χ0v) is 12.6. The van der Waals surface area contributed by atoms with Crippen molar-refractivity contribution in [1.29, 1.82) is 0 Å². The Balaban J connectivity index is 1.97. The first-order valence-corrected chi connectivity index (χ1v) is 6.89. The first-order valence-electron chi connectivity index (χ1n) is 6.51. The SMILES string of the molecule is COC(=O)c1ccc(NC(=O)C=Cc2ccc(Cl)cc2)cc1.